The molecule has 3 aromatic carbocycles. The molecular formula is C67H84FN14O16S3+. The molecule has 0 saturated heterocycles. The molecule has 6 aromatic rings. The van der Waals surface area contributed by atoms with Crippen molar-refractivity contribution < 1.29 is 84.6 Å². The van der Waals surface area contributed by atoms with Crippen LogP contribution < -0.4 is 42.0 Å². The number of para-hydroxylation sites is 1. The first-order valence-electron chi connectivity index (χ1n) is 32.4. The van der Waals surface area contributed by atoms with Gasteiger partial charge in [0.15, 0.2) is 39.2 Å². The molecule has 1 aliphatic rings. The molecule has 10 N–H and O–H groups in total. The van der Waals surface area contributed by atoms with Gasteiger partial charge in [-0.25, -0.2) is 28.7 Å². The van der Waals surface area contributed by atoms with E-state index in [1.807, 2.05) is 45.3 Å². The lowest BCUT2D eigenvalue weighted by atomic mass is 10.0. The number of aromatic carboxylic acids is 1. The monoisotopic (exact) mass is 1460 g/mol. The normalized spacial score (nSPS) is 13.1. The van der Waals surface area contributed by atoms with Gasteiger partial charge in [-0.2, -0.15) is 8.42 Å². The van der Waals surface area contributed by atoms with Crippen molar-refractivity contribution in [1.29, 1.82) is 0 Å². The van der Waals surface area contributed by atoms with Crippen LogP contribution in [0.25, 0.3) is 10.2 Å². The number of primary amides is 1. The first-order valence-corrected chi connectivity index (χ1v) is 35.6. The van der Waals surface area contributed by atoms with Crippen molar-refractivity contribution in [3.63, 3.8) is 0 Å². The number of fused-ring (bicyclic) bond motifs is 1. The second-order valence-corrected chi connectivity index (χ2v) is 28.3. The molecule has 0 aliphatic carbocycles. The molecule has 8 amide bonds. The number of nitrogens with two attached hydrogens (primary N) is 1. The summed E-state index contributed by atoms with van der Waals surface area (Å²) < 4.78 is 65.2. The predicted molar refractivity (Wildman–Crippen MR) is 376 cm³/mol. The summed E-state index contributed by atoms with van der Waals surface area (Å²) >= 11 is 2.60. The third kappa shape index (κ3) is 25.4. The molecule has 0 fully saturated rings. The first kappa shape index (κ1) is 78.6. The van der Waals surface area contributed by atoms with Gasteiger partial charge in [-0.05, 0) is 111 Å². The Morgan fingerprint density at radius 1 is 0.881 bits per heavy atom. The van der Waals surface area contributed by atoms with E-state index >= 15 is 4.39 Å². The Balaban J connectivity index is 0.879. The molecule has 30 nitrogen and oxygen atoms in total. The van der Waals surface area contributed by atoms with Crippen molar-refractivity contribution in [3.05, 3.63) is 118 Å². The fourth-order valence-corrected chi connectivity index (χ4v) is 12.8. The molecule has 0 bridgehead atoms. The number of hydrogen-bond donors (Lipinski definition) is 9. The average Bonchev–Trinajstić information content (AvgIpc) is 1.67. The lowest BCUT2D eigenvalue weighted by molar-refractivity contribution is -0.893. The Morgan fingerprint density at radius 2 is 1.62 bits per heavy atom. The number of thiazole rings is 2. The Labute approximate surface area is 591 Å². The SMILES string of the molecule is Cc1cc(N(CCCC(O)C[N+](C)(C)CCCS(=O)(=O)O)c2nc(C(=O)O)c(CCCOc3ccc(C#CCN(C)C(=O)OCc4ccc(NC(=O)[C@H](CCCNC(N)=O)NC(=O)[C@@H](NC(=O)CCOCCN5C(=O)C=CC5=O)C(C)C)cc4)cc3F)s2)nnc1Nc1nc2ccccc2s1. The lowest BCUT2D eigenvalue weighted by Crippen LogP contribution is -2.54. The number of nitrogens with zero attached hydrogens (tertiary/aromatic N) is 8. The molecule has 101 heavy (non-hydrogen) atoms. The average molecular weight is 1460 g/mol. The number of aryl methyl sites for hydroxylation is 2. The number of imide groups is 1. The standard InChI is InChI=1S/C67H83FN14O16S3/c1-42(2)58(74-55(84)28-35-96-36-32-81-56(85)26-27-57(81)86)62(88)72-50(17-9-29-70-64(69)91)61(87)71-46-23-20-45(21-24-46)41-98-67(92)79(4)30-10-14-44-22-25-51(48(68)39-44)97-34-12-19-53-59(63(89)90)75-66(100-53)80(31-11-15-47(83)40-82(5,6)33-13-37-101(93,94)95)54-38-43(3)60(78-77-54)76-65-73-49-16-7-8-18-52(49)99-65/h7-8,16,18,20-27,38-39,42,47,50,58,83H,9,11-13,15,17,19,28-37,40-41H2,1-6H3,(H8-,69,70,71,72,73,74,76,78,84,87,88,89,90,91,93,94,95)/p+1/t47?,50-,58-/m0/s1. The number of carboxylic acid groups (broad SMARTS) is 1. The Bertz CT molecular complexity index is 4070. The highest BCUT2D eigenvalue weighted by Crippen LogP contribution is 2.35. The molecule has 7 rings (SSSR count). The molecule has 3 atom stereocenters. The summed E-state index contributed by atoms with van der Waals surface area (Å²) in [5.41, 5.74) is 7.76. The minimum absolute atomic E-state index is 0.00548. The van der Waals surface area contributed by atoms with E-state index in [0.29, 0.717) is 79.6 Å². The van der Waals surface area contributed by atoms with Crippen molar-refractivity contribution in [2.45, 2.75) is 96.9 Å². The maximum absolute atomic E-state index is 15.4. The largest absolute Gasteiger partial charge is 0.491 e. The molecule has 0 spiro atoms. The molecule has 4 heterocycles. The van der Waals surface area contributed by atoms with E-state index < -0.39 is 87.7 Å². The van der Waals surface area contributed by atoms with Gasteiger partial charge >= 0.3 is 18.1 Å². The number of ether oxygens (including phenoxy) is 3. The van der Waals surface area contributed by atoms with Crippen LogP contribution in [0.15, 0.2) is 84.9 Å². The number of aliphatic hydroxyl groups is 1. The fraction of sp³-hybridized carbons (Fsp3) is 0.433. The summed E-state index contributed by atoms with van der Waals surface area (Å²) in [6.07, 6.45) is 2.40. The summed E-state index contributed by atoms with van der Waals surface area (Å²) in [4.78, 5) is 114. The van der Waals surface area contributed by atoms with Crippen LogP contribution in [0.2, 0.25) is 0 Å². The maximum Gasteiger partial charge on any atom is 0.410 e. The number of halogens is 1. The van der Waals surface area contributed by atoms with Crippen molar-refractivity contribution in [2.24, 2.45) is 11.7 Å². The van der Waals surface area contributed by atoms with Gasteiger partial charge in [-0.1, -0.05) is 61.3 Å². The predicted octanol–water partition coefficient (Wildman–Crippen LogP) is 6.04. The highest BCUT2D eigenvalue weighted by Gasteiger charge is 2.31. The van der Waals surface area contributed by atoms with E-state index in [0.717, 1.165) is 38.6 Å². The molecule has 34 heteroatoms. The maximum atomic E-state index is 15.4. The number of hydrogen-bond acceptors (Lipinski definition) is 22. The number of carboxylic acids is 1. The first-order chi connectivity index (χ1) is 48.0. The Morgan fingerprint density at radius 3 is 2.31 bits per heavy atom. The number of anilines is 5. The summed E-state index contributed by atoms with van der Waals surface area (Å²) in [5.74, 6) is 0.989. The second kappa shape index (κ2) is 37.6. The minimum atomic E-state index is -4.13. The second-order valence-electron chi connectivity index (χ2n) is 24.7. The third-order valence-electron chi connectivity index (χ3n) is 15.6. The summed E-state index contributed by atoms with van der Waals surface area (Å²) in [7, 11) is 1.05. The number of amides is 8. The van der Waals surface area contributed by atoms with Crippen LogP contribution in [0.5, 0.6) is 5.75 Å². The highest BCUT2D eigenvalue weighted by molar-refractivity contribution is 7.85. The van der Waals surface area contributed by atoms with Gasteiger partial charge in [0.25, 0.3) is 21.9 Å². The van der Waals surface area contributed by atoms with Gasteiger partial charge in [-0.15, -0.1) is 21.5 Å². The zero-order valence-corrected chi connectivity index (χ0v) is 59.2. The molecule has 0 saturated carbocycles. The van der Waals surface area contributed by atoms with Crippen LogP contribution in [0.1, 0.15) is 90.8 Å². The number of aliphatic hydroxyl groups excluding tert-OH is 1. The Kier molecular flexibility index (Phi) is 29.3. The minimum Gasteiger partial charge on any atom is -0.491 e. The van der Waals surface area contributed by atoms with Gasteiger partial charge in [0, 0.05) is 61.3 Å². The van der Waals surface area contributed by atoms with Crippen molar-refractivity contribution in [1.82, 2.24) is 45.9 Å². The smallest absolute Gasteiger partial charge is 0.410 e. The molecule has 542 valence electrons. The number of quaternary nitrogens is 1. The molecule has 1 aliphatic heterocycles. The third-order valence-corrected chi connectivity index (χ3v) is 18.5. The number of benzene rings is 3. The molecule has 0 radical (unpaired) electrons. The molecule has 3 aromatic heterocycles. The Hall–Kier alpha value is -9.76. The number of urea groups is 1. The van der Waals surface area contributed by atoms with Crippen LogP contribution in [0.3, 0.4) is 0 Å². The highest BCUT2D eigenvalue weighted by atomic mass is 32.2. The van der Waals surface area contributed by atoms with E-state index in [2.05, 4.69) is 58.6 Å². The van der Waals surface area contributed by atoms with Crippen LogP contribution in [0.4, 0.5) is 41.6 Å². The van der Waals surface area contributed by atoms with Crippen LogP contribution >= 0.6 is 22.7 Å². The number of likely N-dealkylation sites (N-methyl/N-ethyl adjacent to an activating group) is 1. The van der Waals surface area contributed by atoms with Crippen LogP contribution in [-0.4, -0.2) is 209 Å². The molecule has 1 unspecified atom stereocenters. The van der Waals surface area contributed by atoms with E-state index in [4.69, 9.17) is 19.9 Å². The fourth-order valence-electron chi connectivity index (χ4n) is 10.3. The lowest BCUT2D eigenvalue weighted by Gasteiger charge is -2.32. The number of carbonyl (C=O) groups excluding carboxylic acids is 7. The summed E-state index contributed by atoms with van der Waals surface area (Å²) in [6.45, 7) is 6.05. The van der Waals surface area contributed by atoms with E-state index in [9.17, 15) is 61.5 Å². The van der Waals surface area contributed by atoms with Crippen LogP contribution in [-0.2, 0) is 56.6 Å². The van der Waals surface area contributed by atoms with Crippen molar-refractivity contribution in [3.8, 4) is 17.6 Å². The summed E-state index contributed by atoms with van der Waals surface area (Å²) in [5, 5.41) is 45.2. The van der Waals surface area contributed by atoms with Gasteiger partial charge in [-0.3, -0.25) is 33.4 Å². The molecular weight excluding hydrogens is 1370 g/mol. The number of carbonyl (C=O) groups is 8. The van der Waals surface area contributed by atoms with Gasteiger partial charge < -0.3 is 71.0 Å². The zero-order chi connectivity index (χ0) is 73.4. The number of nitrogens with one attached hydrogen (secondary N) is 5. The topological polar surface area (TPSA) is 407 Å². The van der Waals surface area contributed by atoms with Crippen molar-refractivity contribution >= 4 is 118 Å². The quantitative estimate of drug-likeness (QED) is 0.00698. The van der Waals surface area contributed by atoms with Gasteiger partial charge in [0.2, 0.25) is 17.7 Å². The van der Waals surface area contributed by atoms with Gasteiger partial charge in [0.1, 0.15) is 31.3 Å². The van der Waals surface area contributed by atoms with E-state index in [-0.39, 0.29) is 108 Å². The summed E-state index contributed by atoms with van der Waals surface area (Å²) in [6, 6.07) is 17.1. The van der Waals surface area contributed by atoms with E-state index in [1.54, 1.807) is 55.1 Å². The zero-order valence-electron chi connectivity index (χ0n) is 56.7. The van der Waals surface area contributed by atoms with Gasteiger partial charge in [0.05, 0.1) is 69.5 Å². The number of aromatic nitrogens is 4. The van der Waals surface area contributed by atoms with Crippen LogP contribution in [0, 0.1) is 30.5 Å². The number of rotatable bonds is 39. The van der Waals surface area contributed by atoms with Crippen molar-refractivity contribution in [2.75, 3.05) is 102 Å². The van der Waals surface area contributed by atoms with E-state index in [1.165, 1.54) is 35.4 Å².